The molecule has 1 aliphatic rings. The predicted molar refractivity (Wildman–Crippen MR) is 91.1 cm³/mol. The average Bonchev–Trinajstić information content (AvgIpc) is 2.45. The van der Waals surface area contributed by atoms with Crippen molar-refractivity contribution in [3.05, 3.63) is 45.7 Å². The van der Waals surface area contributed by atoms with Gasteiger partial charge in [0.15, 0.2) is 0 Å². The molecule has 1 unspecified atom stereocenters. The molecular weight excluding hydrogens is 329 g/mol. The monoisotopic (exact) mass is 353 g/mol. The van der Waals surface area contributed by atoms with Crippen molar-refractivity contribution >= 4 is 15.9 Å². The van der Waals surface area contributed by atoms with Gasteiger partial charge in [-0.3, -0.25) is 0 Å². The summed E-state index contributed by atoms with van der Waals surface area (Å²) in [5.74, 6) is -0.162. The molecule has 0 bridgehead atoms. The maximum atomic E-state index is 13.5. The first-order valence-electron chi connectivity index (χ1n) is 8.03. The van der Waals surface area contributed by atoms with Crippen molar-refractivity contribution in [3.8, 4) is 0 Å². The minimum absolute atomic E-state index is 0.162. The van der Waals surface area contributed by atoms with Crippen LogP contribution in [0.15, 0.2) is 34.3 Å². The number of hydrogen-bond donors (Lipinski definition) is 1. The summed E-state index contributed by atoms with van der Waals surface area (Å²) in [5.41, 5.74) is 2.64. The Bertz CT molecular complexity index is 464. The topological polar surface area (TPSA) is 12.0 Å². The molecule has 2 rings (SSSR count). The van der Waals surface area contributed by atoms with Gasteiger partial charge in [-0.1, -0.05) is 34.5 Å². The summed E-state index contributed by atoms with van der Waals surface area (Å²) in [4.78, 5) is 0. The Morgan fingerprint density at radius 3 is 2.76 bits per heavy atom. The zero-order valence-electron chi connectivity index (χ0n) is 12.8. The minimum Gasteiger partial charge on any atom is -0.313 e. The van der Waals surface area contributed by atoms with Crippen LogP contribution in [0.1, 0.15) is 51.0 Å². The molecule has 0 fully saturated rings. The highest BCUT2D eigenvalue weighted by atomic mass is 79.9. The number of hydrogen-bond acceptors (Lipinski definition) is 1. The summed E-state index contributed by atoms with van der Waals surface area (Å²) >= 11 is 3.38. The molecule has 1 aromatic rings. The van der Waals surface area contributed by atoms with Gasteiger partial charge in [0, 0.05) is 10.5 Å². The smallest absolute Gasteiger partial charge is 0.124 e. The first kappa shape index (κ1) is 16.7. The molecule has 0 aliphatic heterocycles. The summed E-state index contributed by atoms with van der Waals surface area (Å²) < 4.78 is 14.4. The van der Waals surface area contributed by atoms with Gasteiger partial charge >= 0.3 is 0 Å². The molecule has 1 atom stereocenters. The Balaban J connectivity index is 2.02. The van der Waals surface area contributed by atoms with Crippen LogP contribution in [0.4, 0.5) is 4.39 Å². The van der Waals surface area contributed by atoms with Crippen LogP contribution in [0.2, 0.25) is 0 Å². The van der Waals surface area contributed by atoms with E-state index in [-0.39, 0.29) is 5.82 Å². The molecule has 21 heavy (non-hydrogen) atoms. The first-order chi connectivity index (χ1) is 10.2. The standard InChI is InChI=1S/C18H25BrFN/c1-2-8-21-18(11-14-6-4-3-5-7-14)12-15-9-16(19)13-17(20)10-15/h6,9-10,13,18,21H,2-5,7-8,11-12H2,1H3. The van der Waals surface area contributed by atoms with E-state index in [1.54, 1.807) is 11.6 Å². The largest absolute Gasteiger partial charge is 0.313 e. The van der Waals surface area contributed by atoms with E-state index in [1.807, 2.05) is 6.07 Å². The van der Waals surface area contributed by atoms with Gasteiger partial charge in [0.1, 0.15) is 5.82 Å². The van der Waals surface area contributed by atoms with Gasteiger partial charge in [-0.05, 0) is 75.3 Å². The molecule has 0 amide bonds. The van der Waals surface area contributed by atoms with Gasteiger partial charge in [0.25, 0.3) is 0 Å². The molecule has 0 spiro atoms. The van der Waals surface area contributed by atoms with Crippen molar-refractivity contribution in [1.29, 1.82) is 0 Å². The highest BCUT2D eigenvalue weighted by Crippen LogP contribution is 2.23. The molecule has 1 nitrogen and oxygen atoms in total. The van der Waals surface area contributed by atoms with Crippen molar-refractivity contribution < 1.29 is 4.39 Å². The van der Waals surface area contributed by atoms with E-state index in [0.29, 0.717) is 6.04 Å². The fourth-order valence-corrected chi connectivity index (χ4v) is 3.50. The highest BCUT2D eigenvalue weighted by Gasteiger charge is 2.14. The normalized spacial score (nSPS) is 16.6. The van der Waals surface area contributed by atoms with Crippen LogP contribution in [0.3, 0.4) is 0 Å². The second-order valence-corrected chi connectivity index (χ2v) is 6.86. The molecule has 116 valence electrons. The van der Waals surface area contributed by atoms with Crippen LogP contribution < -0.4 is 5.32 Å². The van der Waals surface area contributed by atoms with Crippen molar-refractivity contribution in [2.45, 2.75) is 57.9 Å². The quantitative estimate of drug-likeness (QED) is 0.648. The lowest BCUT2D eigenvalue weighted by atomic mass is 9.92. The van der Waals surface area contributed by atoms with Crippen LogP contribution in [0, 0.1) is 5.82 Å². The summed E-state index contributed by atoms with van der Waals surface area (Å²) in [7, 11) is 0. The minimum atomic E-state index is -0.162. The number of benzene rings is 1. The van der Waals surface area contributed by atoms with E-state index in [4.69, 9.17) is 0 Å². The Kier molecular flexibility index (Phi) is 6.91. The predicted octanol–water partition coefficient (Wildman–Crippen LogP) is 5.39. The summed E-state index contributed by atoms with van der Waals surface area (Å²) in [6.45, 7) is 3.21. The van der Waals surface area contributed by atoms with Gasteiger partial charge in [-0.25, -0.2) is 4.39 Å². The lowest BCUT2D eigenvalue weighted by molar-refractivity contribution is 0.489. The third kappa shape index (κ3) is 5.91. The first-order valence-corrected chi connectivity index (χ1v) is 8.83. The van der Waals surface area contributed by atoms with Crippen molar-refractivity contribution in [1.82, 2.24) is 5.32 Å². The van der Waals surface area contributed by atoms with Gasteiger partial charge in [0.2, 0.25) is 0 Å². The Hall–Kier alpha value is -0.670. The van der Waals surface area contributed by atoms with E-state index in [9.17, 15) is 4.39 Å². The van der Waals surface area contributed by atoms with E-state index in [0.717, 1.165) is 35.8 Å². The molecule has 0 radical (unpaired) electrons. The molecular formula is C18H25BrFN. The van der Waals surface area contributed by atoms with Crippen LogP contribution >= 0.6 is 15.9 Å². The Labute approximate surface area is 136 Å². The number of allylic oxidation sites excluding steroid dienone is 1. The fourth-order valence-electron chi connectivity index (χ4n) is 2.98. The fraction of sp³-hybridized carbons (Fsp3) is 0.556. The molecule has 0 aromatic heterocycles. The number of halogens is 2. The summed E-state index contributed by atoms with van der Waals surface area (Å²) in [6, 6.07) is 5.60. The van der Waals surface area contributed by atoms with E-state index in [2.05, 4.69) is 34.2 Å². The summed E-state index contributed by atoms with van der Waals surface area (Å²) in [6.07, 6.45) is 10.6. The number of nitrogens with one attached hydrogen (secondary N) is 1. The van der Waals surface area contributed by atoms with Crippen molar-refractivity contribution in [2.24, 2.45) is 0 Å². The Morgan fingerprint density at radius 2 is 2.10 bits per heavy atom. The number of rotatable bonds is 7. The molecule has 1 aromatic carbocycles. The van der Waals surface area contributed by atoms with Crippen molar-refractivity contribution in [3.63, 3.8) is 0 Å². The lowest BCUT2D eigenvalue weighted by Gasteiger charge is -2.22. The van der Waals surface area contributed by atoms with Crippen molar-refractivity contribution in [2.75, 3.05) is 6.54 Å². The van der Waals surface area contributed by atoms with E-state index in [1.165, 1.54) is 31.7 Å². The van der Waals surface area contributed by atoms with Gasteiger partial charge in [-0.2, -0.15) is 0 Å². The second-order valence-electron chi connectivity index (χ2n) is 5.95. The lowest BCUT2D eigenvalue weighted by Crippen LogP contribution is -2.32. The maximum absolute atomic E-state index is 13.5. The zero-order chi connectivity index (χ0) is 15.1. The highest BCUT2D eigenvalue weighted by molar-refractivity contribution is 9.10. The third-order valence-electron chi connectivity index (χ3n) is 3.98. The van der Waals surface area contributed by atoms with E-state index < -0.39 is 0 Å². The van der Waals surface area contributed by atoms with E-state index >= 15 is 0 Å². The molecule has 3 heteroatoms. The molecule has 0 heterocycles. The molecule has 0 saturated carbocycles. The summed E-state index contributed by atoms with van der Waals surface area (Å²) in [5, 5.41) is 3.63. The maximum Gasteiger partial charge on any atom is 0.124 e. The molecule has 1 aliphatic carbocycles. The average molecular weight is 354 g/mol. The zero-order valence-corrected chi connectivity index (χ0v) is 14.4. The van der Waals surface area contributed by atoms with Crippen LogP contribution in [0.5, 0.6) is 0 Å². The SMILES string of the molecule is CCCNC(CC1=CCCCC1)Cc1cc(F)cc(Br)c1. The molecule has 1 N–H and O–H groups in total. The molecule has 0 saturated heterocycles. The van der Waals surface area contributed by atoms with Gasteiger partial charge in [0.05, 0.1) is 0 Å². The second kappa shape index (κ2) is 8.70. The van der Waals surface area contributed by atoms with Crippen LogP contribution in [-0.2, 0) is 6.42 Å². The van der Waals surface area contributed by atoms with Crippen LogP contribution in [0.25, 0.3) is 0 Å². The Morgan fingerprint density at radius 1 is 1.24 bits per heavy atom. The van der Waals surface area contributed by atoms with Gasteiger partial charge in [-0.15, -0.1) is 0 Å². The van der Waals surface area contributed by atoms with Gasteiger partial charge < -0.3 is 5.32 Å². The third-order valence-corrected chi connectivity index (χ3v) is 4.44. The van der Waals surface area contributed by atoms with Crippen LogP contribution in [-0.4, -0.2) is 12.6 Å².